The van der Waals surface area contributed by atoms with Crippen molar-refractivity contribution < 1.29 is 18.8 Å². The Kier molecular flexibility index (Phi) is 21.9. The summed E-state index contributed by atoms with van der Waals surface area (Å²) in [5, 5.41) is 0. The Labute approximate surface area is 206 Å². The summed E-state index contributed by atoms with van der Waals surface area (Å²) < 4.78 is 11.5. The van der Waals surface area contributed by atoms with Crippen molar-refractivity contribution in [3.8, 4) is 0 Å². The lowest BCUT2D eigenvalue weighted by atomic mass is 10.2. The Morgan fingerprint density at radius 1 is 0.545 bits per heavy atom. The van der Waals surface area contributed by atoms with E-state index in [0.717, 1.165) is 63.1 Å². The Morgan fingerprint density at radius 3 is 1.36 bits per heavy atom. The van der Waals surface area contributed by atoms with Crippen LogP contribution in [0.2, 0.25) is 18.1 Å². The lowest BCUT2D eigenvalue weighted by Gasteiger charge is -2.31. The quantitative estimate of drug-likeness (QED) is 0.0631. The zero-order chi connectivity index (χ0) is 24.6. The van der Waals surface area contributed by atoms with Gasteiger partial charge in [0.25, 0.3) is 8.32 Å². The molecule has 0 heterocycles. The molecule has 5 heteroatoms. The van der Waals surface area contributed by atoms with Crippen LogP contribution < -0.4 is 0 Å². The highest BCUT2D eigenvalue weighted by Crippen LogP contribution is 2.31. The van der Waals surface area contributed by atoms with E-state index in [1.165, 1.54) is 69.9 Å². The van der Waals surface area contributed by atoms with Gasteiger partial charge in [0.15, 0.2) is 0 Å². The van der Waals surface area contributed by atoms with Crippen molar-refractivity contribution in [2.24, 2.45) is 0 Å². The Balaban J connectivity index is 5.01. The third-order valence-corrected chi connectivity index (χ3v) is 10.8. The second kappa shape index (κ2) is 22.7. The predicted molar refractivity (Wildman–Crippen MR) is 143 cm³/mol. The summed E-state index contributed by atoms with van der Waals surface area (Å²) in [7, 11) is -2.17. The first-order valence-corrected chi connectivity index (χ1v) is 16.6. The largest absolute Gasteiger partial charge is 0.516 e. The minimum atomic E-state index is -2.17. The maximum absolute atomic E-state index is 12.8. The fraction of sp³-hybridized carbons (Fsp3) is 0.857. The molecule has 0 saturated heterocycles. The zero-order valence-corrected chi connectivity index (χ0v) is 23.4. The SMILES string of the molecule is CCCCCCOC(=O)/C=C\C(=O)O[Si](CCCCCC)(CCCCCC)CCCCCC. The van der Waals surface area contributed by atoms with Gasteiger partial charge >= 0.3 is 11.9 Å². The van der Waals surface area contributed by atoms with Crippen LogP contribution in [0.3, 0.4) is 0 Å². The van der Waals surface area contributed by atoms with E-state index in [0.29, 0.717) is 6.61 Å². The topological polar surface area (TPSA) is 52.6 Å². The Morgan fingerprint density at radius 2 is 0.939 bits per heavy atom. The van der Waals surface area contributed by atoms with Gasteiger partial charge in [0.2, 0.25) is 0 Å². The standard InChI is InChI=1S/C28H54O4Si/c1-5-9-13-17-23-31-27(29)21-22-28(30)32-33(24-18-14-10-6-2,25-19-15-11-7-3)26-20-16-12-8-4/h21-22H,5-20,23-26H2,1-4H3/b22-21-. The maximum atomic E-state index is 12.8. The molecule has 0 aromatic rings. The van der Waals surface area contributed by atoms with E-state index in [1.807, 2.05) is 0 Å². The average molecular weight is 483 g/mol. The first-order valence-electron chi connectivity index (χ1n) is 14.1. The second-order valence-corrected chi connectivity index (χ2v) is 13.7. The molecule has 0 radical (unpaired) electrons. The molecule has 0 aliphatic rings. The van der Waals surface area contributed by atoms with Crippen LogP contribution >= 0.6 is 0 Å². The van der Waals surface area contributed by atoms with Gasteiger partial charge in [-0.1, -0.05) is 124 Å². The van der Waals surface area contributed by atoms with Crippen molar-refractivity contribution >= 4 is 20.3 Å². The lowest BCUT2D eigenvalue weighted by Crippen LogP contribution is -2.40. The van der Waals surface area contributed by atoms with Gasteiger partial charge in [-0.15, -0.1) is 0 Å². The zero-order valence-electron chi connectivity index (χ0n) is 22.4. The van der Waals surface area contributed by atoms with Crippen LogP contribution in [0.15, 0.2) is 12.2 Å². The number of hydrogen-bond acceptors (Lipinski definition) is 4. The van der Waals surface area contributed by atoms with Crippen molar-refractivity contribution in [1.29, 1.82) is 0 Å². The minimum Gasteiger partial charge on any atom is -0.516 e. The monoisotopic (exact) mass is 482 g/mol. The molecule has 0 rings (SSSR count). The molecule has 0 bridgehead atoms. The van der Waals surface area contributed by atoms with Crippen LogP contribution in [0.1, 0.15) is 130 Å². The molecule has 0 spiro atoms. The number of rotatable bonds is 23. The number of esters is 1. The van der Waals surface area contributed by atoms with Gasteiger partial charge in [0.1, 0.15) is 0 Å². The van der Waals surface area contributed by atoms with Crippen LogP contribution in [0.5, 0.6) is 0 Å². The molecule has 194 valence electrons. The van der Waals surface area contributed by atoms with Gasteiger partial charge in [0.05, 0.1) is 6.61 Å². The first-order chi connectivity index (χ1) is 16.0. The summed E-state index contributed by atoms with van der Waals surface area (Å²) in [6, 6.07) is 3.19. The minimum absolute atomic E-state index is 0.342. The molecule has 0 aliphatic carbocycles. The molecule has 0 aliphatic heterocycles. The summed E-state index contributed by atoms with van der Waals surface area (Å²) in [5.41, 5.74) is 0. The van der Waals surface area contributed by atoms with Crippen LogP contribution in [0, 0.1) is 0 Å². The number of ether oxygens (including phenoxy) is 1. The fourth-order valence-electron chi connectivity index (χ4n) is 4.28. The second-order valence-electron chi connectivity index (χ2n) is 9.60. The normalized spacial score (nSPS) is 11.8. The highest BCUT2D eigenvalue weighted by molar-refractivity contribution is 6.75. The molecule has 0 atom stereocenters. The van der Waals surface area contributed by atoms with E-state index in [9.17, 15) is 9.59 Å². The van der Waals surface area contributed by atoms with E-state index in [2.05, 4.69) is 27.7 Å². The van der Waals surface area contributed by atoms with Crippen molar-refractivity contribution in [1.82, 2.24) is 0 Å². The van der Waals surface area contributed by atoms with Crippen molar-refractivity contribution in [2.45, 2.75) is 149 Å². The average Bonchev–Trinajstić information content (AvgIpc) is 2.81. The molecule has 0 unspecified atom stereocenters. The summed E-state index contributed by atoms with van der Waals surface area (Å²) in [4.78, 5) is 24.7. The highest BCUT2D eigenvalue weighted by Gasteiger charge is 2.36. The van der Waals surface area contributed by atoms with Gasteiger partial charge in [-0.25, -0.2) is 9.59 Å². The molecule has 33 heavy (non-hydrogen) atoms. The third kappa shape index (κ3) is 19.0. The van der Waals surface area contributed by atoms with Crippen molar-refractivity contribution in [2.75, 3.05) is 6.61 Å². The summed E-state index contributed by atoms with van der Waals surface area (Å²) in [6.07, 6.45) is 21.3. The predicted octanol–water partition coefficient (Wildman–Crippen LogP) is 8.90. The third-order valence-electron chi connectivity index (χ3n) is 6.37. The highest BCUT2D eigenvalue weighted by atomic mass is 28.4. The van der Waals surface area contributed by atoms with Crippen LogP contribution in [0.4, 0.5) is 0 Å². The molecule has 0 aromatic carbocycles. The number of carbonyl (C=O) groups is 2. The van der Waals surface area contributed by atoms with Gasteiger partial charge in [-0.05, 0) is 24.6 Å². The van der Waals surface area contributed by atoms with E-state index in [1.54, 1.807) is 0 Å². The van der Waals surface area contributed by atoms with E-state index in [-0.39, 0.29) is 5.97 Å². The smallest absolute Gasteiger partial charge is 0.331 e. The molecule has 0 N–H and O–H groups in total. The van der Waals surface area contributed by atoms with Crippen LogP contribution in [-0.4, -0.2) is 26.9 Å². The summed E-state index contributed by atoms with van der Waals surface area (Å²) in [5.74, 6) is -0.782. The van der Waals surface area contributed by atoms with Gasteiger partial charge in [-0.3, -0.25) is 0 Å². The van der Waals surface area contributed by atoms with E-state index < -0.39 is 14.3 Å². The fourth-order valence-corrected chi connectivity index (χ4v) is 8.52. The summed E-state index contributed by atoms with van der Waals surface area (Å²) in [6.45, 7) is 9.26. The lowest BCUT2D eigenvalue weighted by molar-refractivity contribution is -0.138. The van der Waals surface area contributed by atoms with Crippen LogP contribution in [0.25, 0.3) is 0 Å². The van der Waals surface area contributed by atoms with Crippen LogP contribution in [-0.2, 0) is 18.8 Å². The van der Waals surface area contributed by atoms with Crippen molar-refractivity contribution in [3.63, 3.8) is 0 Å². The molecule has 0 amide bonds. The first kappa shape index (κ1) is 31.9. The molecule has 0 aromatic heterocycles. The number of unbranched alkanes of at least 4 members (excludes halogenated alkanes) is 12. The van der Waals surface area contributed by atoms with Gasteiger partial charge in [-0.2, -0.15) is 0 Å². The summed E-state index contributed by atoms with van der Waals surface area (Å²) >= 11 is 0. The number of hydrogen-bond donors (Lipinski definition) is 0. The van der Waals surface area contributed by atoms with Crippen molar-refractivity contribution in [3.05, 3.63) is 12.2 Å². The number of carbonyl (C=O) groups excluding carboxylic acids is 2. The molecule has 0 saturated carbocycles. The molecular formula is C28H54O4Si. The van der Waals surface area contributed by atoms with E-state index in [4.69, 9.17) is 9.16 Å². The Bertz CT molecular complexity index is 473. The maximum Gasteiger partial charge on any atom is 0.331 e. The van der Waals surface area contributed by atoms with E-state index >= 15 is 0 Å². The molecular weight excluding hydrogens is 428 g/mol. The van der Waals surface area contributed by atoms with Gasteiger partial charge < -0.3 is 9.16 Å². The molecule has 0 fully saturated rings. The molecule has 4 nitrogen and oxygen atoms in total. The van der Waals surface area contributed by atoms with Gasteiger partial charge in [0, 0.05) is 12.2 Å². The Hall–Kier alpha value is -1.10.